The number of aromatic nitrogens is 1. The third kappa shape index (κ3) is 2.17. The molecule has 0 spiro atoms. The van der Waals surface area contributed by atoms with Crippen LogP contribution in [0.25, 0.3) is 16.5 Å². The maximum Gasteiger partial charge on any atom is 0.0661 e. The number of benzene rings is 2. The molecule has 3 heteroatoms. The van der Waals surface area contributed by atoms with Crippen LogP contribution >= 0.6 is 23.2 Å². The van der Waals surface area contributed by atoms with E-state index in [9.17, 15) is 0 Å². The van der Waals surface area contributed by atoms with Crippen molar-refractivity contribution in [2.75, 3.05) is 0 Å². The minimum absolute atomic E-state index is 0.661. The Kier molecular flexibility index (Phi) is 3.06. The summed E-state index contributed by atoms with van der Waals surface area (Å²) in [5.41, 5.74) is 6.00. The van der Waals surface area contributed by atoms with Crippen LogP contribution in [0.3, 0.4) is 0 Å². The second-order valence-electron chi connectivity index (χ2n) is 5.35. The topological polar surface area (TPSA) is 15.8 Å². The highest BCUT2D eigenvalue weighted by Gasteiger charge is 2.16. The Morgan fingerprint density at radius 2 is 1.86 bits per heavy atom. The van der Waals surface area contributed by atoms with Gasteiger partial charge in [-0.15, -0.1) is 0 Å². The van der Waals surface area contributed by atoms with Crippen molar-refractivity contribution >= 4 is 39.7 Å². The second kappa shape index (κ2) is 4.94. The Morgan fingerprint density at radius 1 is 1.00 bits per heavy atom. The van der Waals surface area contributed by atoms with Crippen molar-refractivity contribution < 1.29 is 0 Å². The lowest BCUT2D eigenvalue weighted by Crippen LogP contribution is -2.00. The zero-order chi connectivity index (χ0) is 14.4. The SMILES string of the molecule is Clc1cc(Cl)c2[nH]c(C3=CCCc4ccccc43)cc2c1. The number of rotatable bonds is 1. The zero-order valence-electron chi connectivity index (χ0n) is 11.3. The van der Waals surface area contributed by atoms with Crippen LogP contribution in [0.4, 0.5) is 0 Å². The van der Waals surface area contributed by atoms with E-state index in [4.69, 9.17) is 23.2 Å². The number of aromatic amines is 1. The fourth-order valence-corrected chi connectivity index (χ4v) is 3.61. The summed E-state index contributed by atoms with van der Waals surface area (Å²) in [6, 6.07) is 14.4. The summed E-state index contributed by atoms with van der Waals surface area (Å²) in [5, 5.41) is 2.37. The molecule has 0 aliphatic heterocycles. The molecule has 1 nitrogen and oxygen atoms in total. The Hall–Kier alpha value is -1.70. The van der Waals surface area contributed by atoms with E-state index < -0.39 is 0 Å². The van der Waals surface area contributed by atoms with Gasteiger partial charge in [0.1, 0.15) is 0 Å². The van der Waals surface area contributed by atoms with Gasteiger partial charge < -0.3 is 4.98 Å². The lowest BCUT2D eigenvalue weighted by atomic mass is 9.89. The van der Waals surface area contributed by atoms with Crippen molar-refractivity contribution in [3.8, 4) is 0 Å². The molecular formula is C18H13Cl2N. The summed E-state index contributed by atoms with van der Waals surface area (Å²) in [7, 11) is 0. The standard InChI is InChI=1S/C18H13Cl2N/c19-13-8-12-9-17(21-18(12)16(20)10-13)15-7-3-5-11-4-1-2-6-14(11)15/h1-2,4,6-10,21H,3,5H2. The van der Waals surface area contributed by atoms with Crippen molar-refractivity contribution in [1.29, 1.82) is 0 Å². The lowest BCUT2D eigenvalue weighted by Gasteiger charge is -2.16. The summed E-state index contributed by atoms with van der Waals surface area (Å²) in [6.07, 6.45) is 4.46. The average molecular weight is 314 g/mol. The molecule has 0 saturated carbocycles. The van der Waals surface area contributed by atoms with Crippen molar-refractivity contribution in [3.63, 3.8) is 0 Å². The fourth-order valence-electron chi connectivity index (χ4n) is 3.05. The van der Waals surface area contributed by atoms with Gasteiger partial charge in [-0.05, 0) is 42.2 Å². The molecule has 1 aliphatic rings. The summed E-state index contributed by atoms with van der Waals surface area (Å²) in [4.78, 5) is 3.44. The number of halogens is 2. The largest absolute Gasteiger partial charge is 0.353 e. The minimum Gasteiger partial charge on any atom is -0.353 e. The molecule has 21 heavy (non-hydrogen) atoms. The highest BCUT2D eigenvalue weighted by Crippen LogP contribution is 2.35. The number of H-pyrrole nitrogens is 1. The molecule has 3 aromatic rings. The van der Waals surface area contributed by atoms with Crippen molar-refractivity contribution in [2.24, 2.45) is 0 Å². The van der Waals surface area contributed by atoms with Gasteiger partial charge in [-0.25, -0.2) is 0 Å². The van der Waals surface area contributed by atoms with Gasteiger partial charge in [0.2, 0.25) is 0 Å². The Labute approximate surface area is 133 Å². The number of hydrogen-bond donors (Lipinski definition) is 1. The van der Waals surface area contributed by atoms with Crippen molar-refractivity contribution in [3.05, 3.63) is 75.4 Å². The van der Waals surface area contributed by atoms with Crippen LogP contribution < -0.4 is 0 Å². The first kappa shape index (κ1) is 13.0. The molecule has 0 saturated heterocycles. The van der Waals surface area contributed by atoms with Gasteiger partial charge in [0.05, 0.1) is 10.5 Å². The van der Waals surface area contributed by atoms with Gasteiger partial charge in [-0.1, -0.05) is 53.5 Å². The van der Waals surface area contributed by atoms with Gasteiger partial charge in [0, 0.05) is 21.7 Å². The normalized spacial score (nSPS) is 14.1. The van der Waals surface area contributed by atoms with Crippen LogP contribution in [-0.2, 0) is 6.42 Å². The van der Waals surface area contributed by atoms with Crippen LogP contribution in [0, 0.1) is 0 Å². The van der Waals surface area contributed by atoms with Crippen molar-refractivity contribution in [2.45, 2.75) is 12.8 Å². The van der Waals surface area contributed by atoms with E-state index in [1.54, 1.807) is 6.07 Å². The lowest BCUT2D eigenvalue weighted by molar-refractivity contribution is 0.976. The molecule has 0 fully saturated rings. The molecule has 104 valence electrons. The van der Waals surface area contributed by atoms with E-state index in [1.165, 1.54) is 16.7 Å². The Balaban J connectivity index is 1.91. The molecule has 0 amide bonds. The number of fused-ring (bicyclic) bond motifs is 2. The summed E-state index contributed by atoms with van der Waals surface area (Å²) < 4.78 is 0. The summed E-state index contributed by atoms with van der Waals surface area (Å²) in [6.45, 7) is 0. The van der Waals surface area contributed by atoms with Crippen molar-refractivity contribution in [1.82, 2.24) is 4.98 Å². The molecule has 1 N–H and O–H groups in total. The highest BCUT2D eigenvalue weighted by molar-refractivity contribution is 6.38. The molecule has 0 radical (unpaired) electrons. The Morgan fingerprint density at radius 3 is 2.76 bits per heavy atom. The predicted molar refractivity (Wildman–Crippen MR) is 90.2 cm³/mol. The van der Waals surface area contributed by atoms with Gasteiger partial charge in [-0.2, -0.15) is 0 Å². The van der Waals surface area contributed by atoms with E-state index in [-0.39, 0.29) is 0 Å². The number of nitrogens with one attached hydrogen (secondary N) is 1. The smallest absolute Gasteiger partial charge is 0.0661 e. The van der Waals surface area contributed by atoms with E-state index in [0.29, 0.717) is 10.0 Å². The predicted octanol–water partition coefficient (Wildman–Crippen LogP) is 5.85. The average Bonchev–Trinajstić information content (AvgIpc) is 2.90. The molecule has 1 heterocycles. The van der Waals surface area contributed by atoms with Crippen LogP contribution in [0.15, 0.2) is 48.5 Å². The van der Waals surface area contributed by atoms with E-state index >= 15 is 0 Å². The first-order valence-electron chi connectivity index (χ1n) is 6.99. The molecule has 0 bridgehead atoms. The molecule has 1 aromatic heterocycles. The number of hydrogen-bond acceptors (Lipinski definition) is 0. The zero-order valence-corrected chi connectivity index (χ0v) is 12.8. The van der Waals surface area contributed by atoms with E-state index in [1.807, 2.05) is 6.07 Å². The molecule has 2 aromatic carbocycles. The first-order chi connectivity index (χ1) is 10.2. The number of allylic oxidation sites excluding steroid dienone is 1. The molecule has 0 atom stereocenters. The monoisotopic (exact) mass is 313 g/mol. The van der Waals surface area contributed by atoms with Crippen LogP contribution in [-0.4, -0.2) is 4.98 Å². The molecule has 0 unspecified atom stereocenters. The summed E-state index contributed by atoms with van der Waals surface area (Å²) >= 11 is 12.4. The summed E-state index contributed by atoms with van der Waals surface area (Å²) in [5.74, 6) is 0. The van der Waals surface area contributed by atoms with Gasteiger partial charge in [0.15, 0.2) is 0 Å². The van der Waals surface area contributed by atoms with E-state index in [2.05, 4.69) is 41.4 Å². The molecular weight excluding hydrogens is 301 g/mol. The minimum atomic E-state index is 0.661. The number of aryl methyl sites for hydroxylation is 1. The maximum absolute atomic E-state index is 6.28. The van der Waals surface area contributed by atoms with Crippen LogP contribution in [0.1, 0.15) is 23.2 Å². The van der Waals surface area contributed by atoms with E-state index in [0.717, 1.165) is 29.4 Å². The second-order valence-corrected chi connectivity index (χ2v) is 6.19. The highest BCUT2D eigenvalue weighted by atomic mass is 35.5. The first-order valence-corrected chi connectivity index (χ1v) is 7.74. The third-order valence-electron chi connectivity index (χ3n) is 4.00. The molecule has 4 rings (SSSR count). The van der Waals surface area contributed by atoms with Gasteiger partial charge in [0.25, 0.3) is 0 Å². The maximum atomic E-state index is 6.28. The van der Waals surface area contributed by atoms with Crippen LogP contribution in [0.5, 0.6) is 0 Å². The van der Waals surface area contributed by atoms with Gasteiger partial charge >= 0.3 is 0 Å². The van der Waals surface area contributed by atoms with Crippen LogP contribution in [0.2, 0.25) is 10.0 Å². The third-order valence-corrected chi connectivity index (χ3v) is 4.52. The fraction of sp³-hybridized carbons (Fsp3) is 0.111. The molecule has 1 aliphatic carbocycles. The quantitative estimate of drug-likeness (QED) is 0.579. The Bertz CT molecular complexity index is 874. The van der Waals surface area contributed by atoms with Gasteiger partial charge in [-0.3, -0.25) is 0 Å².